The van der Waals surface area contributed by atoms with Gasteiger partial charge in [-0.1, -0.05) is 6.07 Å². The molecule has 0 spiro atoms. The number of piperidine rings is 1. The van der Waals surface area contributed by atoms with Gasteiger partial charge in [-0.3, -0.25) is 14.8 Å². The fraction of sp³-hybridized carbons (Fsp3) is 0.550. The average molecular weight is 343 g/mol. The molecule has 2 aromatic rings. The molecule has 5 heteroatoms. The molecule has 2 fully saturated rings. The fourth-order valence-electron chi connectivity index (χ4n) is 4.04. The Labute approximate surface area is 148 Å². The first-order valence-electron chi connectivity index (χ1n) is 9.34. The van der Waals surface area contributed by atoms with Gasteiger partial charge in [-0.05, 0) is 55.6 Å². The Hall–Kier alpha value is -1.56. The zero-order valence-corrected chi connectivity index (χ0v) is 14.7. The average Bonchev–Trinajstić information content (AvgIpc) is 2.67. The highest BCUT2D eigenvalue weighted by Gasteiger charge is 2.23. The minimum absolute atomic E-state index is 0.184. The third-order valence-corrected chi connectivity index (χ3v) is 5.52. The summed E-state index contributed by atoms with van der Waals surface area (Å²) in [6, 6.07) is 7.08. The van der Waals surface area contributed by atoms with Gasteiger partial charge in [-0.25, -0.2) is 4.39 Å². The van der Waals surface area contributed by atoms with E-state index in [1.807, 2.05) is 12.1 Å². The van der Waals surface area contributed by atoms with Crippen molar-refractivity contribution < 1.29 is 9.13 Å². The van der Waals surface area contributed by atoms with Crippen LogP contribution in [0.4, 0.5) is 4.39 Å². The molecule has 1 aromatic carbocycles. The van der Waals surface area contributed by atoms with Crippen molar-refractivity contribution in [3.05, 3.63) is 41.8 Å². The molecule has 25 heavy (non-hydrogen) atoms. The molecule has 0 amide bonds. The third-order valence-electron chi connectivity index (χ3n) is 5.52. The molecule has 2 aliphatic heterocycles. The van der Waals surface area contributed by atoms with E-state index in [0.717, 1.165) is 62.9 Å². The van der Waals surface area contributed by atoms with Gasteiger partial charge in [0.1, 0.15) is 5.82 Å². The van der Waals surface area contributed by atoms with E-state index in [1.165, 1.54) is 19.4 Å². The number of ether oxygens (including phenoxy) is 1. The summed E-state index contributed by atoms with van der Waals surface area (Å²) in [5, 5.41) is 0.627. The van der Waals surface area contributed by atoms with E-state index in [4.69, 9.17) is 4.74 Å². The number of aromatic nitrogens is 1. The van der Waals surface area contributed by atoms with Crippen LogP contribution in [0.3, 0.4) is 0 Å². The maximum absolute atomic E-state index is 14.0. The summed E-state index contributed by atoms with van der Waals surface area (Å²) in [5.41, 5.74) is 1.93. The zero-order valence-electron chi connectivity index (χ0n) is 14.7. The molecule has 0 bridgehead atoms. The summed E-state index contributed by atoms with van der Waals surface area (Å²) >= 11 is 0. The molecule has 0 aliphatic carbocycles. The fourth-order valence-corrected chi connectivity index (χ4v) is 4.04. The second-order valence-electron chi connectivity index (χ2n) is 7.24. The third kappa shape index (κ3) is 4.00. The van der Waals surface area contributed by atoms with Gasteiger partial charge in [-0.15, -0.1) is 0 Å². The Balaban J connectivity index is 1.35. The van der Waals surface area contributed by atoms with Crippen molar-refractivity contribution in [2.45, 2.75) is 19.4 Å². The van der Waals surface area contributed by atoms with Crippen LogP contribution in [0.25, 0.3) is 10.9 Å². The predicted octanol–water partition coefficient (Wildman–Crippen LogP) is 2.92. The molecular formula is C20H26FN3O. The molecule has 134 valence electrons. The number of pyridine rings is 1. The van der Waals surface area contributed by atoms with Gasteiger partial charge >= 0.3 is 0 Å². The highest BCUT2D eigenvalue weighted by Crippen LogP contribution is 2.24. The van der Waals surface area contributed by atoms with Crippen LogP contribution in [0.5, 0.6) is 0 Å². The minimum atomic E-state index is -0.184. The van der Waals surface area contributed by atoms with Gasteiger partial charge in [0, 0.05) is 37.8 Å². The van der Waals surface area contributed by atoms with Crippen LogP contribution in [0.15, 0.2) is 30.5 Å². The standard InChI is InChI=1S/C20H26FN3O/c21-19-4-3-17(20-18(19)2-1-7-22-20)15-23-8-5-16(6-9-23)14-24-10-12-25-13-11-24/h1-4,7,16H,5-6,8-15H2. The summed E-state index contributed by atoms with van der Waals surface area (Å²) in [6.07, 6.45) is 4.23. The minimum Gasteiger partial charge on any atom is -0.379 e. The van der Waals surface area contributed by atoms with Crippen molar-refractivity contribution in [1.82, 2.24) is 14.8 Å². The van der Waals surface area contributed by atoms with Gasteiger partial charge in [0.15, 0.2) is 0 Å². The molecule has 4 rings (SSSR count). The molecule has 4 nitrogen and oxygen atoms in total. The van der Waals surface area contributed by atoms with E-state index in [0.29, 0.717) is 5.39 Å². The highest BCUT2D eigenvalue weighted by atomic mass is 19.1. The molecular weight excluding hydrogens is 317 g/mol. The van der Waals surface area contributed by atoms with Gasteiger partial charge in [-0.2, -0.15) is 0 Å². The van der Waals surface area contributed by atoms with Crippen molar-refractivity contribution >= 4 is 10.9 Å². The van der Waals surface area contributed by atoms with E-state index >= 15 is 0 Å². The maximum atomic E-state index is 14.0. The molecule has 0 radical (unpaired) electrons. The molecule has 2 saturated heterocycles. The number of morpholine rings is 1. The summed E-state index contributed by atoms with van der Waals surface area (Å²) in [5.74, 6) is 0.605. The van der Waals surface area contributed by atoms with Crippen molar-refractivity contribution in [2.24, 2.45) is 5.92 Å². The van der Waals surface area contributed by atoms with Gasteiger partial charge in [0.2, 0.25) is 0 Å². The Morgan fingerprint density at radius 3 is 2.64 bits per heavy atom. The summed E-state index contributed by atoms with van der Waals surface area (Å²) in [4.78, 5) is 9.44. The highest BCUT2D eigenvalue weighted by molar-refractivity contribution is 5.82. The molecule has 3 heterocycles. The topological polar surface area (TPSA) is 28.6 Å². The van der Waals surface area contributed by atoms with Gasteiger partial charge < -0.3 is 4.74 Å². The zero-order chi connectivity index (χ0) is 17.1. The lowest BCUT2D eigenvalue weighted by Gasteiger charge is -2.36. The Bertz CT molecular complexity index is 709. The SMILES string of the molecule is Fc1ccc(CN2CCC(CN3CCOCC3)CC2)c2ncccc12. The van der Waals surface area contributed by atoms with E-state index in [2.05, 4.69) is 14.8 Å². The Morgan fingerprint density at radius 1 is 1.04 bits per heavy atom. The first-order valence-corrected chi connectivity index (χ1v) is 9.34. The summed E-state index contributed by atoms with van der Waals surface area (Å²) in [6.45, 7) is 8.20. The van der Waals surface area contributed by atoms with E-state index < -0.39 is 0 Å². The number of likely N-dealkylation sites (tertiary alicyclic amines) is 1. The molecule has 1 aromatic heterocycles. The Morgan fingerprint density at radius 2 is 1.84 bits per heavy atom. The van der Waals surface area contributed by atoms with Crippen LogP contribution in [0, 0.1) is 11.7 Å². The van der Waals surface area contributed by atoms with E-state index in [-0.39, 0.29) is 5.82 Å². The molecule has 2 aliphatic rings. The normalized spacial score (nSPS) is 21.0. The number of rotatable bonds is 4. The number of hydrogen-bond donors (Lipinski definition) is 0. The van der Waals surface area contributed by atoms with Crippen LogP contribution in [0.2, 0.25) is 0 Å². The molecule has 0 N–H and O–H groups in total. The number of halogens is 1. The first-order chi connectivity index (χ1) is 12.3. The lowest BCUT2D eigenvalue weighted by atomic mass is 9.95. The van der Waals surface area contributed by atoms with E-state index in [9.17, 15) is 4.39 Å². The van der Waals surface area contributed by atoms with Crippen molar-refractivity contribution in [3.63, 3.8) is 0 Å². The van der Waals surface area contributed by atoms with Crippen LogP contribution < -0.4 is 0 Å². The van der Waals surface area contributed by atoms with E-state index in [1.54, 1.807) is 18.3 Å². The largest absolute Gasteiger partial charge is 0.379 e. The molecule has 0 unspecified atom stereocenters. The second kappa shape index (κ2) is 7.77. The van der Waals surface area contributed by atoms with Crippen molar-refractivity contribution in [3.8, 4) is 0 Å². The first kappa shape index (κ1) is 16.9. The van der Waals surface area contributed by atoms with Gasteiger partial charge in [0.25, 0.3) is 0 Å². The Kier molecular flexibility index (Phi) is 5.25. The van der Waals surface area contributed by atoms with Gasteiger partial charge in [0.05, 0.1) is 18.7 Å². The quantitative estimate of drug-likeness (QED) is 0.853. The second-order valence-corrected chi connectivity index (χ2v) is 7.24. The van der Waals surface area contributed by atoms with Crippen LogP contribution in [0.1, 0.15) is 18.4 Å². The molecule has 0 saturated carbocycles. The summed E-state index contributed by atoms with van der Waals surface area (Å²) in [7, 11) is 0. The predicted molar refractivity (Wildman–Crippen MR) is 97.0 cm³/mol. The van der Waals surface area contributed by atoms with Crippen molar-refractivity contribution in [2.75, 3.05) is 45.9 Å². The number of nitrogens with zero attached hydrogens (tertiary/aromatic N) is 3. The monoisotopic (exact) mass is 343 g/mol. The smallest absolute Gasteiger partial charge is 0.132 e. The molecule has 0 atom stereocenters. The lowest BCUT2D eigenvalue weighted by Crippen LogP contribution is -2.42. The van der Waals surface area contributed by atoms with Crippen molar-refractivity contribution in [1.29, 1.82) is 0 Å². The van der Waals surface area contributed by atoms with Crippen LogP contribution >= 0.6 is 0 Å². The number of hydrogen-bond acceptors (Lipinski definition) is 4. The lowest BCUT2D eigenvalue weighted by molar-refractivity contribution is 0.0242. The van der Waals surface area contributed by atoms with Crippen LogP contribution in [-0.2, 0) is 11.3 Å². The summed E-state index contributed by atoms with van der Waals surface area (Å²) < 4.78 is 19.4. The number of benzene rings is 1. The maximum Gasteiger partial charge on any atom is 0.132 e. The van der Waals surface area contributed by atoms with Crippen LogP contribution in [-0.4, -0.2) is 60.7 Å². The number of fused-ring (bicyclic) bond motifs is 1.